The molecule has 0 saturated carbocycles. The minimum Gasteiger partial charge on any atom is -0.493 e. The van der Waals surface area contributed by atoms with Gasteiger partial charge in [-0.15, -0.1) is 13.2 Å². The summed E-state index contributed by atoms with van der Waals surface area (Å²) < 4.78 is 86.2. The van der Waals surface area contributed by atoms with Gasteiger partial charge in [0.2, 0.25) is 10.0 Å². The molecule has 3 atom stereocenters. The Hall–Kier alpha value is -3.25. The highest BCUT2D eigenvalue weighted by atomic mass is 32.2. The SMILES string of the molecule is CCOC(=O)C(c1ccc(OC)c(OC)c1)C1C=CC(NS(=O)(=O)c2ccccc2OC(F)(F)F)C1. The molecule has 1 aliphatic carbocycles. The smallest absolute Gasteiger partial charge is 0.493 e. The first-order valence-electron chi connectivity index (χ1n) is 10.9. The van der Waals surface area contributed by atoms with Crippen molar-refractivity contribution < 1.29 is 45.3 Å². The number of esters is 1. The highest BCUT2D eigenvalue weighted by molar-refractivity contribution is 7.89. The van der Waals surface area contributed by atoms with E-state index in [2.05, 4.69) is 9.46 Å². The Morgan fingerprint density at radius 3 is 2.39 bits per heavy atom. The standard InChI is InChI=1S/C24H26F3NO7S/c1-4-34-23(29)22(16-10-12-18(32-2)20(14-16)33-3)15-9-11-17(13-15)28-36(30,31)21-8-6-5-7-19(21)35-24(25,26)27/h5-12,14-15,17,22,28H,4,13H2,1-3H3. The largest absolute Gasteiger partial charge is 0.573 e. The van der Waals surface area contributed by atoms with Crippen LogP contribution in [0.2, 0.25) is 0 Å². The van der Waals surface area contributed by atoms with E-state index in [1.165, 1.54) is 26.4 Å². The van der Waals surface area contributed by atoms with Gasteiger partial charge in [-0.2, -0.15) is 0 Å². The molecule has 36 heavy (non-hydrogen) atoms. The van der Waals surface area contributed by atoms with Crippen molar-refractivity contribution in [3.8, 4) is 17.2 Å². The lowest BCUT2D eigenvalue weighted by atomic mass is 9.85. The molecule has 0 heterocycles. The van der Waals surface area contributed by atoms with Crippen molar-refractivity contribution in [3.05, 3.63) is 60.2 Å². The van der Waals surface area contributed by atoms with Gasteiger partial charge < -0.3 is 18.9 Å². The number of para-hydroxylation sites is 1. The first-order valence-corrected chi connectivity index (χ1v) is 12.4. The normalized spacial score (nSPS) is 18.5. The predicted molar refractivity (Wildman–Crippen MR) is 123 cm³/mol. The third-order valence-corrected chi connectivity index (χ3v) is 7.05. The molecule has 0 amide bonds. The summed E-state index contributed by atoms with van der Waals surface area (Å²) in [5, 5.41) is 0. The predicted octanol–water partition coefficient (Wildman–Crippen LogP) is 4.17. The Morgan fingerprint density at radius 1 is 1.06 bits per heavy atom. The Kier molecular flexibility index (Phi) is 8.51. The molecule has 3 unspecified atom stereocenters. The Balaban J connectivity index is 1.84. The van der Waals surface area contributed by atoms with Crippen LogP contribution in [0.1, 0.15) is 24.8 Å². The molecule has 0 fully saturated rings. The maximum absolute atomic E-state index is 12.9. The molecule has 12 heteroatoms. The van der Waals surface area contributed by atoms with Crippen molar-refractivity contribution in [2.75, 3.05) is 20.8 Å². The lowest BCUT2D eigenvalue weighted by Crippen LogP contribution is -2.34. The Morgan fingerprint density at radius 2 is 1.75 bits per heavy atom. The van der Waals surface area contributed by atoms with E-state index in [1.54, 1.807) is 37.3 Å². The van der Waals surface area contributed by atoms with Gasteiger partial charge in [0.25, 0.3) is 0 Å². The number of allylic oxidation sites excluding steroid dienone is 1. The van der Waals surface area contributed by atoms with Crippen LogP contribution >= 0.6 is 0 Å². The number of sulfonamides is 1. The van der Waals surface area contributed by atoms with Gasteiger partial charge in [-0.3, -0.25) is 4.79 Å². The highest BCUT2D eigenvalue weighted by Crippen LogP contribution is 2.39. The van der Waals surface area contributed by atoms with E-state index >= 15 is 0 Å². The second-order valence-electron chi connectivity index (χ2n) is 7.85. The Bertz CT molecular complexity index is 1210. The third-order valence-electron chi connectivity index (χ3n) is 5.52. The molecular formula is C24H26F3NO7S. The van der Waals surface area contributed by atoms with Gasteiger partial charge in [0, 0.05) is 6.04 Å². The van der Waals surface area contributed by atoms with Gasteiger partial charge in [-0.1, -0.05) is 30.4 Å². The molecule has 1 aliphatic rings. The number of hydrogen-bond donors (Lipinski definition) is 1. The minimum atomic E-state index is -5.06. The van der Waals surface area contributed by atoms with Crippen molar-refractivity contribution in [3.63, 3.8) is 0 Å². The zero-order valence-corrected chi connectivity index (χ0v) is 20.6. The van der Waals surface area contributed by atoms with Gasteiger partial charge in [0.05, 0.1) is 26.7 Å². The minimum absolute atomic E-state index is 0.144. The maximum Gasteiger partial charge on any atom is 0.573 e. The molecule has 0 spiro atoms. The number of carbonyl (C=O) groups is 1. The quantitative estimate of drug-likeness (QED) is 0.364. The van der Waals surface area contributed by atoms with E-state index < -0.39 is 50.9 Å². The van der Waals surface area contributed by atoms with Gasteiger partial charge in [0.1, 0.15) is 10.6 Å². The number of rotatable bonds is 10. The van der Waals surface area contributed by atoms with E-state index in [1.807, 2.05) is 0 Å². The molecule has 3 rings (SSSR count). The van der Waals surface area contributed by atoms with Gasteiger partial charge in [0.15, 0.2) is 11.5 Å². The molecule has 1 N–H and O–H groups in total. The molecule has 0 aliphatic heterocycles. The van der Waals surface area contributed by atoms with Gasteiger partial charge in [-0.05, 0) is 49.1 Å². The van der Waals surface area contributed by atoms with Crippen LogP contribution in [0, 0.1) is 5.92 Å². The van der Waals surface area contributed by atoms with Crippen LogP contribution in [0.3, 0.4) is 0 Å². The number of nitrogens with one attached hydrogen (secondary N) is 1. The van der Waals surface area contributed by atoms with Crippen molar-refractivity contribution in [2.45, 2.75) is 36.6 Å². The van der Waals surface area contributed by atoms with E-state index in [9.17, 15) is 26.4 Å². The first kappa shape index (κ1) is 27.3. The van der Waals surface area contributed by atoms with Crippen LogP contribution in [-0.2, 0) is 19.6 Å². The number of carbonyl (C=O) groups excluding carboxylic acids is 1. The summed E-state index contributed by atoms with van der Waals surface area (Å²) in [6.07, 6.45) is -1.65. The van der Waals surface area contributed by atoms with Crippen molar-refractivity contribution in [1.29, 1.82) is 0 Å². The Labute approximate surface area is 207 Å². The van der Waals surface area contributed by atoms with E-state index in [0.717, 1.165) is 12.1 Å². The number of methoxy groups -OCH3 is 2. The molecule has 0 aromatic heterocycles. The second kappa shape index (κ2) is 11.2. The lowest BCUT2D eigenvalue weighted by molar-refractivity contribution is -0.275. The zero-order chi connectivity index (χ0) is 26.5. The number of hydrogen-bond acceptors (Lipinski definition) is 7. The fourth-order valence-corrected chi connectivity index (χ4v) is 5.37. The summed E-state index contributed by atoms with van der Waals surface area (Å²) in [7, 11) is -1.45. The van der Waals surface area contributed by atoms with E-state index in [4.69, 9.17) is 14.2 Å². The zero-order valence-electron chi connectivity index (χ0n) is 19.7. The third kappa shape index (κ3) is 6.49. The van der Waals surface area contributed by atoms with Gasteiger partial charge in [-0.25, -0.2) is 13.1 Å². The highest BCUT2D eigenvalue weighted by Gasteiger charge is 2.37. The number of ether oxygens (including phenoxy) is 4. The lowest BCUT2D eigenvalue weighted by Gasteiger charge is -2.23. The topological polar surface area (TPSA) is 100 Å². The molecule has 2 aromatic carbocycles. The summed E-state index contributed by atoms with van der Waals surface area (Å²) in [4.78, 5) is 12.2. The molecule has 2 aromatic rings. The van der Waals surface area contributed by atoms with Crippen LogP contribution < -0.4 is 18.9 Å². The van der Waals surface area contributed by atoms with Crippen LogP contribution in [-0.4, -0.2) is 47.6 Å². The molecule has 0 saturated heterocycles. The van der Waals surface area contributed by atoms with Crippen LogP contribution in [0.4, 0.5) is 13.2 Å². The average Bonchev–Trinajstić information content (AvgIpc) is 3.25. The van der Waals surface area contributed by atoms with Crippen LogP contribution in [0.15, 0.2) is 59.5 Å². The number of alkyl halides is 3. The monoisotopic (exact) mass is 529 g/mol. The van der Waals surface area contributed by atoms with Crippen LogP contribution in [0.5, 0.6) is 17.2 Å². The average molecular weight is 530 g/mol. The number of benzene rings is 2. The summed E-state index contributed by atoms with van der Waals surface area (Å²) >= 11 is 0. The van der Waals surface area contributed by atoms with Crippen LogP contribution in [0.25, 0.3) is 0 Å². The number of halogens is 3. The fraction of sp³-hybridized carbons (Fsp3) is 0.375. The second-order valence-corrected chi connectivity index (χ2v) is 9.53. The van der Waals surface area contributed by atoms with E-state index in [-0.39, 0.29) is 13.0 Å². The van der Waals surface area contributed by atoms with Crippen molar-refractivity contribution in [2.24, 2.45) is 5.92 Å². The maximum atomic E-state index is 12.9. The van der Waals surface area contributed by atoms with E-state index in [0.29, 0.717) is 17.1 Å². The first-order chi connectivity index (χ1) is 17.0. The molecular weight excluding hydrogens is 503 g/mol. The summed E-state index contributed by atoms with van der Waals surface area (Å²) in [5.41, 5.74) is 0.577. The molecule has 0 bridgehead atoms. The summed E-state index contributed by atoms with van der Waals surface area (Å²) in [6.45, 7) is 1.82. The fourth-order valence-electron chi connectivity index (χ4n) is 4.04. The molecule has 196 valence electrons. The molecule has 8 nitrogen and oxygen atoms in total. The summed E-state index contributed by atoms with van der Waals surface area (Å²) in [5.74, 6) is -1.72. The van der Waals surface area contributed by atoms with Gasteiger partial charge >= 0.3 is 12.3 Å². The molecule has 0 radical (unpaired) electrons. The van der Waals surface area contributed by atoms with Crippen molar-refractivity contribution >= 4 is 16.0 Å². The van der Waals surface area contributed by atoms with Crippen molar-refractivity contribution in [1.82, 2.24) is 4.72 Å². The summed E-state index contributed by atoms with van der Waals surface area (Å²) in [6, 6.07) is 8.67.